The predicted molar refractivity (Wildman–Crippen MR) is 60.0 cm³/mol. The van der Waals surface area contributed by atoms with Crippen molar-refractivity contribution >= 4 is 38.6 Å². The summed E-state index contributed by atoms with van der Waals surface area (Å²) in [5.41, 5.74) is 5.67. The van der Waals surface area contributed by atoms with Crippen LogP contribution in [0.3, 0.4) is 0 Å². The number of hydrogen-bond acceptors (Lipinski definition) is 2. The summed E-state index contributed by atoms with van der Waals surface area (Å²) in [6.07, 6.45) is 3.56. The Morgan fingerprint density at radius 3 is 2.83 bits per heavy atom. The molecule has 0 radical (unpaired) electrons. The lowest BCUT2D eigenvalue weighted by atomic mass is 10.4. The molecule has 0 spiro atoms. The van der Waals surface area contributed by atoms with Gasteiger partial charge in [-0.15, -0.1) is 0 Å². The zero-order chi connectivity index (χ0) is 9.14. The molecule has 0 bridgehead atoms. The molecule has 1 aromatic rings. The Hall–Kier alpha value is -0.780. The Kier molecular flexibility index (Phi) is 2.91. The van der Waals surface area contributed by atoms with Gasteiger partial charge in [-0.25, -0.2) is 0 Å². The summed E-state index contributed by atoms with van der Waals surface area (Å²) in [5, 5.41) is 6.02. The zero-order valence-corrected chi connectivity index (χ0v) is 8.95. The van der Waals surface area contributed by atoms with Crippen molar-refractivity contribution in [2.75, 3.05) is 5.73 Å². The van der Waals surface area contributed by atoms with Crippen molar-refractivity contribution in [2.24, 2.45) is 7.05 Å². The average molecular weight is 275 g/mol. The van der Waals surface area contributed by atoms with Gasteiger partial charge in [0.2, 0.25) is 0 Å². The SMILES string of the molecule is C=C/C=c1/c(N)nn(C)/c1=C\I. The number of rotatable bonds is 1. The number of nitrogens with two attached hydrogens (primary N) is 1. The molecule has 0 fully saturated rings. The highest BCUT2D eigenvalue weighted by atomic mass is 127. The van der Waals surface area contributed by atoms with Gasteiger partial charge in [-0.2, -0.15) is 5.10 Å². The summed E-state index contributed by atoms with van der Waals surface area (Å²) >= 11 is 2.16. The van der Waals surface area contributed by atoms with Crippen LogP contribution in [-0.4, -0.2) is 9.78 Å². The van der Waals surface area contributed by atoms with Gasteiger partial charge in [-0.3, -0.25) is 4.68 Å². The van der Waals surface area contributed by atoms with Gasteiger partial charge in [0.15, 0.2) is 5.82 Å². The Bertz CT molecular complexity index is 403. The Morgan fingerprint density at radius 1 is 1.67 bits per heavy atom. The second-order valence-corrected chi connectivity index (χ2v) is 2.94. The number of aromatic nitrogens is 2. The van der Waals surface area contributed by atoms with Crippen LogP contribution in [0.2, 0.25) is 0 Å². The lowest BCUT2D eigenvalue weighted by Gasteiger charge is -1.83. The largest absolute Gasteiger partial charge is 0.382 e. The minimum Gasteiger partial charge on any atom is -0.382 e. The van der Waals surface area contributed by atoms with E-state index in [4.69, 9.17) is 5.73 Å². The molecule has 3 nitrogen and oxygen atoms in total. The minimum absolute atomic E-state index is 0.542. The van der Waals surface area contributed by atoms with Gasteiger partial charge in [0.25, 0.3) is 0 Å². The summed E-state index contributed by atoms with van der Waals surface area (Å²) in [5.74, 6) is 0.542. The van der Waals surface area contributed by atoms with E-state index in [0.717, 1.165) is 10.6 Å². The number of nitrogens with zero attached hydrogens (tertiary/aromatic N) is 2. The summed E-state index contributed by atoms with van der Waals surface area (Å²) in [6, 6.07) is 0. The molecule has 0 saturated heterocycles. The maximum absolute atomic E-state index is 5.67. The average Bonchev–Trinajstić information content (AvgIpc) is 2.28. The number of aryl methyl sites for hydroxylation is 1. The predicted octanol–water partition coefficient (Wildman–Crippen LogP) is 0.142. The maximum Gasteiger partial charge on any atom is 0.153 e. The fraction of sp³-hybridized carbons (Fsp3) is 0.125. The topological polar surface area (TPSA) is 43.8 Å². The van der Waals surface area contributed by atoms with Crippen molar-refractivity contribution in [2.45, 2.75) is 0 Å². The first kappa shape index (κ1) is 9.31. The molecule has 0 aliphatic rings. The number of hydrogen-bond donors (Lipinski definition) is 1. The fourth-order valence-corrected chi connectivity index (χ4v) is 1.73. The summed E-state index contributed by atoms with van der Waals surface area (Å²) in [7, 11) is 1.86. The van der Waals surface area contributed by atoms with Crippen molar-refractivity contribution in [1.82, 2.24) is 9.78 Å². The molecule has 0 amide bonds. The summed E-state index contributed by atoms with van der Waals surface area (Å²) < 4.78 is 3.69. The van der Waals surface area contributed by atoms with Gasteiger partial charge in [0.05, 0.1) is 5.35 Å². The van der Waals surface area contributed by atoms with Crippen LogP contribution in [-0.2, 0) is 7.05 Å². The van der Waals surface area contributed by atoms with E-state index in [1.165, 1.54) is 0 Å². The monoisotopic (exact) mass is 275 g/mol. The van der Waals surface area contributed by atoms with E-state index < -0.39 is 0 Å². The molecule has 64 valence electrons. The van der Waals surface area contributed by atoms with Crippen molar-refractivity contribution in [3.63, 3.8) is 0 Å². The molecule has 2 N–H and O–H groups in total. The maximum atomic E-state index is 5.67. The number of anilines is 1. The highest BCUT2D eigenvalue weighted by molar-refractivity contribution is 14.1. The van der Waals surface area contributed by atoms with Crippen molar-refractivity contribution in [1.29, 1.82) is 0 Å². The van der Waals surface area contributed by atoms with E-state index in [9.17, 15) is 0 Å². The molecule has 1 aromatic heterocycles. The molecular weight excluding hydrogens is 265 g/mol. The number of nitrogen functional groups attached to an aromatic ring is 1. The van der Waals surface area contributed by atoms with Gasteiger partial charge in [0, 0.05) is 16.3 Å². The molecule has 0 aliphatic heterocycles. The third-order valence-corrected chi connectivity index (χ3v) is 2.14. The van der Waals surface area contributed by atoms with Crippen molar-refractivity contribution in [3.8, 4) is 0 Å². The molecular formula is C8H10IN3. The molecule has 0 aromatic carbocycles. The van der Waals surface area contributed by atoms with Crippen molar-refractivity contribution in [3.05, 3.63) is 23.2 Å². The molecule has 0 unspecified atom stereocenters. The molecule has 0 aliphatic carbocycles. The van der Waals surface area contributed by atoms with E-state index in [1.54, 1.807) is 10.8 Å². The van der Waals surface area contributed by atoms with E-state index in [0.29, 0.717) is 5.82 Å². The second kappa shape index (κ2) is 3.75. The van der Waals surface area contributed by atoms with Crippen LogP contribution >= 0.6 is 22.6 Å². The Balaban J connectivity index is 3.66. The summed E-state index contributed by atoms with van der Waals surface area (Å²) in [6.45, 7) is 3.62. The first-order chi connectivity index (χ1) is 5.70. The van der Waals surface area contributed by atoms with Crippen LogP contribution in [0.4, 0.5) is 5.82 Å². The van der Waals surface area contributed by atoms with Crippen molar-refractivity contribution < 1.29 is 0 Å². The molecule has 1 heterocycles. The Labute approximate surface area is 84.4 Å². The highest BCUT2D eigenvalue weighted by Crippen LogP contribution is 1.84. The van der Waals surface area contributed by atoms with Crippen LogP contribution < -0.4 is 16.3 Å². The van der Waals surface area contributed by atoms with Gasteiger partial charge >= 0.3 is 0 Å². The third kappa shape index (κ3) is 1.52. The molecule has 12 heavy (non-hydrogen) atoms. The van der Waals surface area contributed by atoms with Gasteiger partial charge in [-0.05, 0) is 6.08 Å². The smallest absolute Gasteiger partial charge is 0.153 e. The molecule has 0 saturated carbocycles. The normalized spacial score (nSPS) is 13.8. The van der Waals surface area contributed by atoms with Crippen LogP contribution in [0.1, 0.15) is 0 Å². The standard InChI is InChI=1S/C8H10IN3/c1-3-4-6-7(5-9)12(2)11-8(6)10/h3-5H,1H2,2H3,(H2,10,11)/b6-4+,7-5-. The molecule has 4 heteroatoms. The quantitative estimate of drug-likeness (QED) is 0.741. The Morgan fingerprint density at radius 2 is 2.33 bits per heavy atom. The lowest BCUT2D eigenvalue weighted by Crippen LogP contribution is -2.27. The van der Waals surface area contributed by atoms with Gasteiger partial charge in [-0.1, -0.05) is 35.2 Å². The molecule has 1 rings (SSSR count). The number of allylic oxidation sites excluding steroid dienone is 1. The summed E-state index contributed by atoms with van der Waals surface area (Å²) in [4.78, 5) is 0. The minimum atomic E-state index is 0.542. The van der Waals surface area contributed by atoms with Crippen LogP contribution in [0.5, 0.6) is 0 Å². The van der Waals surface area contributed by atoms with E-state index in [1.807, 2.05) is 17.2 Å². The third-order valence-electron chi connectivity index (χ3n) is 1.55. The van der Waals surface area contributed by atoms with Crippen LogP contribution in [0.25, 0.3) is 10.2 Å². The van der Waals surface area contributed by atoms with E-state index >= 15 is 0 Å². The zero-order valence-electron chi connectivity index (χ0n) is 6.79. The first-order valence-electron chi connectivity index (χ1n) is 3.42. The lowest BCUT2D eigenvalue weighted by molar-refractivity contribution is 0.747. The van der Waals surface area contributed by atoms with E-state index in [-0.39, 0.29) is 0 Å². The second-order valence-electron chi connectivity index (χ2n) is 2.32. The number of halogens is 1. The molecule has 0 atom stereocenters. The first-order valence-corrected chi connectivity index (χ1v) is 4.67. The van der Waals surface area contributed by atoms with Gasteiger partial charge < -0.3 is 5.73 Å². The van der Waals surface area contributed by atoms with Crippen LogP contribution in [0, 0.1) is 0 Å². The van der Waals surface area contributed by atoms with E-state index in [2.05, 4.69) is 34.3 Å². The highest BCUT2D eigenvalue weighted by Gasteiger charge is 1.97. The fourth-order valence-electron chi connectivity index (χ4n) is 0.993. The van der Waals surface area contributed by atoms with Gasteiger partial charge in [0.1, 0.15) is 0 Å². The van der Waals surface area contributed by atoms with Crippen LogP contribution in [0.15, 0.2) is 12.7 Å².